The largest absolute Gasteiger partial charge is 0.383 e. The van der Waals surface area contributed by atoms with Crippen LogP contribution in [0.15, 0.2) is 0 Å². The molecule has 9 heteroatoms. The van der Waals surface area contributed by atoms with Crippen LogP contribution < -0.4 is 5.73 Å². The predicted octanol–water partition coefficient (Wildman–Crippen LogP) is -0.344. The molecule has 0 aliphatic carbocycles. The second-order valence-corrected chi connectivity index (χ2v) is 7.43. The lowest BCUT2D eigenvalue weighted by Crippen LogP contribution is -2.49. The van der Waals surface area contributed by atoms with E-state index in [-0.39, 0.29) is 6.10 Å². The average molecular weight is 353 g/mol. The molecule has 0 saturated carbocycles. The summed E-state index contributed by atoms with van der Waals surface area (Å²) in [5.41, 5.74) is 5.44. The van der Waals surface area contributed by atoms with E-state index in [4.69, 9.17) is 19.9 Å². The van der Waals surface area contributed by atoms with E-state index >= 15 is 0 Å². The number of hydrogen-bond donors (Lipinski definition) is 1. The minimum atomic E-state index is -3.49. The SMILES string of the molecule is COCCN(CCOC)S(=O)(=O)N1CCC(OCCCN)CC1. The topological polar surface area (TPSA) is 94.3 Å². The molecule has 138 valence electrons. The van der Waals surface area contributed by atoms with Crippen molar-refractivity contribution < 1.29 is 22.6 Å². The van der Waals surface area contributed by atoms with E-state index in [2.05, 4.69) is 0 Å². The zero-order valence-corrected chi connectivity index (χ0v) is 15.1. The fourth-order valence-electron chi connectivity index (χ4n) is 2.45. The van der Waals surface area contributed by atoms with Gasteiger partial charge in [-0.05, 0) is 25.8 Å². The Labute approximate surface area is 140 Å². The van der Waals surface area contributed by atoms with Crippen molar-refractivity contribution in [2.24, 2.45) is 5.73 Å². The van der Waals surface area contributed by atoms with Crippen LogP contribution in [0.3, 0.4) is 0 Å². The summed E-state index contributed by atoms with van der Waals surface area (Å²) in [6.07, 6.45) is 2.39. The Morgan fingerprint density at radius 2 is 1.65 bits per heavy atom. The highest BCUT2D eigenvalue weighted by Gasteiger charge is 2.32. The van der Waals surface area contributed by atoms with E-state index in [1.54, 1.807) is 14.2 Å². The quantitative estimate of drug-likeness (QED) is 0.482. The molecule has 1 heterocycles. The van der Waals surface area contributed by atoms with Crippen molar-refractivity contribution in [3.05, 3.63) is 0 Å². The molecule has 2 N–H and O–H groups in total. The number of hydrogen-bond acceptors (Lipinski definition) is 6. The fourth-order valence-corrected chi connectivity index (χ4v) is 4.06. The summed E-state index contributed by atoms with van der Waals surface area (Å²) in [6, 6.07) is 0. The zero-order chi connectivity index (χ0) is 17.1. The number of methoxy groups -OCH3 is 2. The summed E-state index contributed by atoms with van der Waals surface area (Å²) in [4.78, 5) is 0. The molecule has 0 aromatic carbocycles. The van der Waals surface area contributed by atoms with Gasteiger partial charge >= 0.3 is 0 Å². The second kappa shape index (κ2) is 11.3. The third kappa shape index (κ3) is 7.00. The van der Waals surface area contributed by atoms with E-state index < -0.39 is 10.2 Å². The molecule has 0 unspecified atom stereocenters. The van der Waals surface area contributed by atoms with E-state index in [0.29, 0.717) is 65.4 Å². The van der Waals surface area contributed by atoms with Crippen LogP contribution in [0.5, 0.6) is 0 Å². The summed E-state index contributed by atoms with van der Waals surface area (Å²) in [6.45, 7) is 3.59. The molecule has 23 heavy (non-hydrogen) atoms. The van der Waals surface area contributed by atoms with Gasteiger partial charge < -0.3 is 19.9 Å². The van der Waals surface area contributed by atoms with Gasteiger partial charge in [0.1, 0.15) is 0 Å². The summed E-state index contributed by atoms with van der Waals surface area (Å²) < 4.78 is 44.2. The maximum atomic E-state index is 12.7. The average Bonchev–Trinajstić information content (AvgIpc) is 2.55. The van der Waals surface area contributed by atoms with Crippen LogP contribution in [0, 0.1) is 0 Å². The van der Waals surface area contributed by atoms with Gasteiger partial charge in [-0.15, -0.1) is 0 Å². The Balaban J connectivity index is 2.53. The van der Waals surface area contributed by atoms with Crippen LogP contribution in [0.25, 0.3) is 0 Å². The molecule has 0 aromatic heterocycles. The Morgan fingerprint density at radius 3 is 2.13 bits per heavy atom. The van der Waals surface area contributed by atoms with Crippen LogP contribution in [0.1, 0.15) is 19.3 Å². The lowest BCUT2D eigenvalue weighted by atomic mass is 10.1. The lowest BCUT2D eigenvalue weighted by molar-refractivity contribution is 0.0197. The molecule has 0 amide bonds. The molecule has 8 nitrogen and oxygen atoms in total. The van der Waals surface area contributed by atoms with Gasteiger partial charge in [0.15, 0.2) is 0 Å². The first-order valence-corrected chi connectivity index (χ1v) is 9.50. The molecule has 1 rings (SSSR count). The number of ether oxygens (including phenoxy) is 3. The Bertz CT molecular complexity index is 391. The highest BCUT2D eigenvalue weighted by molar-refractivity contribution is 7.86. The molecule has 1 aliphatic rings. The van der Waals surface area contributed by atoms with E-state index in [1.807, 2.05) is 0 Å². The van der Waals surface area contributed by atoms with Crippen molar-refractivity contribution in [2.45, 2.75) is 25.4 Å². The molecule has 1 fully saturated rings. The van der Waals surface area contributed by atoms with Gasteiger partial charge in [-0.2, -0.15) is 17.0 Å². The van der Waals surface area contributed by atoms with Gasteiger partial charge in [0.25, 0.3) is 10.2 Å². The van der Waals surface area contributed by atoms with Crippen molar-refractivity contribution in [3.8, 4) is 0 Å². The fraction of sp³-hybridized carbons (Fsp3) is 1.00. The maximum Gasteiger partial charge on any atom is 0.282 e. The van der Waals surface area contributed by atoms with Crippen LogP contribution in [-0.2, 0) is 24.4 Å². The first-order valence-electron chi connectivity index (χ1n) is 8.11. The minimum absolute atomic E-state index is 0.124. The number of piperidine rings is 1. The molecular weight excluding hydrogens is 322 g/mol. The Morgan fingerprint density at radius 1 is 1.09 bits per heavy atom. The lowest BCUT2D eigenvalue weighted by Gasteiger charge is -2.34. The van der Waals surface area contributed by atoms with Crippen LogP contribution in [0.4, 0.5) is 0 Å². The predicted molar refractivity (Wildman–Crippen MR) is 88.5 cm³/mol. The van der Waals surface area contributed by atoms with E-state index in [1.165, 1.54) is 8.61 Å². The summed E-state index contributed by atoms with van der Waals surface area (Å²) in [5.74, 6) is 0. The first-order chi connectivity index (χ1) is 11.1. The van der Waals surface area contributed by atoms with E-state index in [9.17, 15) is 8.42 Å². The van der Waals surface area contributed by atoms with Crippen molar-refractivity contribution >= 4 is 10.2 Å². The van der Waals surface area contributed by atoms with Crippen molar-refractivity contribution in [2.75, 3.05) is 66.8 Å². The van der Waals surface area contributed by atoms with Crippen LogP contribution in [-0.4, -0.2) is 89.9 Å². The van der Waals surface area contributed by atoms with Gasteiger partial charge in [-0.3, -0.25) is 0 Å². The normalized spacial score (nSPS) is 17.9. The first kappa shape index (κ1) is 20.8. The third-order valence-corrected chi connectivity index (χ3v) is 5.88. The summed E-state index contributed by atoms with van der Waals surface area (Å²) >= 11 is 0. The van der Waals surface area contributed by atoms with Crippen molar-refractivity contribution in [1.82, 2.24) is 8.61 Å². The molecule has 0 atom stereocenters. The minimum Gasteiger partial charge on any atom is -0.383 e. The molecule has 1 aliphatic heterocycles. The highest BCUT2D eigenvalue weighted by Crippen LogP contribution is 2.19. The summed E-state index contributed by atoms with van der Waals surface area (Å²) in [7, 11) is -0.364. The molecule has 0 radical (unpaired) electrons. The molecule has 0 bridgehead atoms. The molecular formula is C14H31N3O5S. The molecule has 0 aromatic rings. The Hall–Kier alpha value is -0.290. The van der Waals surface area contributed by atoms with Gasteiger partial charge in [0.05, 0.1) is 19.3 Å². The van der Waals surface area contributed by atoms with Crippen molar-refractivity contribution in [1.29, 1.82) is 0 Å². The highest BCUT2D eigenvalue weighted by atomic mass is 32.2. The smallest absolute Gasteiger partial charge is 0.282 e. The monoisotopic (exact) mass is 353 g/mol. The molecule has 1 saturated heterocycles. The standard InChI is InChI=1S/C14H31N3O5S/c1-20-12-9-17(10-13-21-2)23(18,19)16-7-4-14(5-8-16)22-11-3-6-15/h14H,3-13,15H2,1-2H3. The van der Waals surface area contributed by atoms with E-state index in [0.717, 1.165) is 6.42 Å². The summed E-state index contributed by atoms with van der Waals surface area (Å²) in [5, 5.41) is 0. The van der Waals surface area contributed by atoms with Gasteiger partial charge in [-0.25, -0.2) is 0 Å². The molecule has 0 spiro atoms. The van der Waals surface area contributed by atoms with Crippen molar-refractivity contribution in [3.63, 3.8) is 0 Å². The maximum absolute atomic E-state index is 12.7. The number of nitrogens with zero attached hydrogens (tertiary/aromatic N) is 2. The van der Waals surface area contributed by atoms with Crippen LogP contribution in [0.2, 0.25) is 0 Å². The number of nitrogens with two attached hydrogens (primary N) is 1. The van der Waals surface area contributed by atoms with Gasteiger partial charge in [0.2, 0.25) is 0 Å². The van der Waals surface area contributed by atoms with Gasteiger partial charge in [-0.1, -0.05) is 0 Å². The second-order valence-electron chi connectivity index (χ2n) is 5.50. The third-order valence-electron chi connectivity index (χ3n) is 3.85. The van der Waals surface area contributed by atoms with Gasteiger partial charge in [0, 0.05) is 47.0 Å². The van der Waals surface area contributed by atoms with Crippen LogP contribution >= 0.6 is 0 Å². The Kier molecular flexibility index (Phi) is 10.2. The zero-order valence-electron chi connectivity index (χ0n) is 14.3. The number of rotatable bonds is 12.